The van der Waals surface area contributed by atoms with Crippen molar-refractivity contribution in [2.24, 2.45) is 0 Å². The Morgan fingerprint density at radius 3 is 2.58 bits per heavy atom. The average Bonchev–Trinajstić information content (AvgIpc) is 2.44. The van der Waals surface area contributed by atoms with Crippen LogP contribution >= 0.6 is 0 Å². The second-order valence-electron chi connectivity index (χ2n) is 4.38. The maximum atomic E-state index is 11.7. The maximum Gasteiger partial charge on any atom is 0.251 e. The summed E-state index contributed by atoms with van der Waals surface area (Å²) in [4.78, 5) is 23.1. The van der Waals surface area contributed by atoms with Crippen LogP contribution in [0.25, 0.3) is 0 Å². The number of hydrogen-bond acceptors (Lipinski definition) is 3. The first-order valence-corrected chi connectivity index (χ1v) is 6.37. The SMILES string of the molecule is CC(CO)NC(=O)CCCNC(=O)c1ccccc1. The van der Waals surface area contributed by atoms with E-state index in [9.17, 15) is 9.59 Å². The van der Waals surface area contributed by atoms with Gasteiger partial charge in [0.1, 0.15) is 0 Å². The summed E-state index contributed by atoms with van der Waals surface area (Å²) in [7, 11) is 0. The first-order valence-electron chi connectivity index (χ1n) is 6.37. The zero-order valence-electron chi connectivity index (χ0n) is 11.1. The molecule has 0 saturated heterocycles. The molecule has 0 bridgehead atoms. The molecule has 1 unspecified atom stereocenters. The van der Waals surface area contributed by atoms with Crippen molar-refractivity contribution >= 4 is 11.8 Å². The molecule has 1 rings (SSSR count). The van der Waals surface area contributed by atoms with Crippen LogP contribution < -0.4 is 10.6 Å². The highest BCUT2D eigenvalue weighted by molar-refractivity contribution is 5.94. The van der Waals surface area contributed by atoms with E-state index in [0.29, 0.717) is 24.9 Å². The van der Waals surface area contributed by atoms with Crippen molar-refractivity contribution in [2.45, 2.75) is 25.8 Å². The summed E-state index contributed by atoms with van der Waals surface area (Å²) < 4.78 is 0. The number of aliphatic hydroxyl groups excluding tert-OH is 1. The van der Waals surface area contributed by atoms with Gasteiger partial charge in [-0.05, 0) is 25.5 Å². The molecule has 0 heterocycles. The molecule has 5 heteroatoms. The molecule has 2 amide bonds. The van der Waals surface area contributed by atoms with E-state index in [1.807, 2.05) is 6.07 Å². The Labute approximate surface area is 113 Å². The Bertz CT molecular complexity index is 406. The summed E-state index contributed by atoms with van der Waals surface area (Å²) in [6.45, 7) is 2.11. The number of amides is 2. The second-order valence-corrected chi connectivity index (χ2v) is 4.38. The number of benzene rings is 1. The molecule has 0 aliphatic carbocycles. The zero-order chi connectivity index (χ0) is 14.1. The van der Waals surface area contributed by atoms with E-state index >= 15 is 0 Å². The molecule has 1 aromatic rings. The van der Waals surface area contributed by atoms with Gasteiger partial charge in [0.05, 0.1) is 6.61 Å². The highest BCUT2D eigenvalue weighted by atomic mass is 16.3. The lowest BCUT2D eigenvalue weighted by atomic mass is 10.2. The van der Waals surface area contributed by atoms with Crippen LogP contribution in [-0.2, 0) is 4.79 Å². The van der Waals surface area contributed by atoms with Crippen molar-refractivity contribution in [3.63, 3.8) is 0 Å². The molecule has 0 radical (unpaired) electrons. The summed E-state index contributed by atoms with van der Waals surface area (Å²) >= 11 is 0. The standard InChI is InChI=1S/C14H20N2O3/c1-11(10-17)16-13(18)8-5-9-15-14(19)12-6-3-2-4-7-12/h2-4,6-7,11,17H,5,8-10H2,1H3,(H,15,19)(H,16,18). The molecule has 5 nitrogen and oxygen atoms in total. The van der Waals surface area contributed by atoms with Crippen LogP contribution in [0.4, 0.5) is 0 Å². The van der Waals surface area contributed by atoms with Crippen LogP contribution in [0.3, 0.4) is 0 Å². The molecular formula is C14H20N2O3. The molecule has 0 aliphatic rings. The zero-order valence-corrected chi connectivity index (χ0v) is 11.1. The van der Waals surface area contributed by atoms with Crippen LogP contribution in [0, 0.1) is 0 Å². The van der Waals surface area contributed by atoms with E-state index in [4.69, 9.17) is 5.11 Å². The van der Waals surface area contributed by atoms with Crippen molar-refractivity contribution < 1.29 is 14.7 Å². The largest absolute Gasteiger partial charge is 0.394 e. The summed E-state index contributed by atoms with van der Waals surface area (Å²) in [5.74, 6) is -0.250. The lowest BCUT2D eigenvalue weighted by Crippen LogP contribution is -2.35. The Hall–Kier alpha value is -1.88. The summed E-state index contributed by atoms with van der Waals surface area (Å²) in [5.41, 5.74) is 0.612. The second kappa shape index (κ2) is 8.26. The van der Waals surface area contributed by atoms with Gasteiger partial charge in [0, 0.05) is 24.6 Å². The molecule has 0 aliphatic heterocycles. The third kappa shape index (κ3) is 6.01. The Morgan fingerprint density at radius 2 is 1.95 bits per heavy atom. The predicted octanol–water partition coefficient (Wildman–Crippen LogP) is 0.694. The first-order chi connectivity index (χ1) is 9.13. The first kappa shape index (κ1) is 15.2. The molecule has 0 aromatic heterocycles. The Kier molecular flexibility index (Phi) is 6.60. The number of carbonyl (C=O) groups is 2. The van der Waals surface area contributed by atoms with Gasteiger partial charge in [-0.2, -0.15) is 0 Å². The van der Waals surface area contributed by atoms with E-state index in [-0.39, 0.29) is 24.5 Å². The van der Waals surface area contributed by atoms with Crippen molar-refractivity contribution in [1.29, 1.82) is 0 Å². The number of carbonyl (C=O) groups excluding carboxylic acids is 2. The predicted molar refractivity (Wildman–Crippen MR) is 72.7 cm³/mol. The Balaban J connectivity index is 2.17. The third-order valence-corrected chi connectivity index (χ3v) is 2.58. The van der Waals surface area contributed by atoms with Gasteiger partial charge in [0.15, 0.2) is 0 Å². The average molecular weight is 264 g/mol. The summed E-state index contributed by atoms with van der Waals surface area (Å²) in [5, 5.41) is 14.2. The van der Waals surface area contributed by atoms with Crippen molar-refractivity contribution in [3.8, 4) is 0 Å². The van der Waals surface area contributed by atoms with Gasteiger partial charge < -0.3 is 15.7 Å². The van der Waals surface area contributed by atoms with Gasteiger partial charge in [-0.1, -0.05) is 18.2 Å². The monoisotopic (exact) mass is 264 g/mol. The van der Waals surface area contributed by atoms with Gasteiger partial charge in [-0.25, -0.2) is 0 Å². The third-order valence-electron chi connectivity index (χ3n) is 2.58. The fourth-order valence-corrected chi connectivity index (χ4v) is 1.54. The molecule has 104 valence electrons. The fourth-order valence-electron chi connectivity index (χ4n) is 1.54. The van der Waals surface area contributed by atoms with E-state index in [0.717, 1.165) is 0 Å². The lowest BCUT2D eigenvalue weighted by Gasteiger charge is -2.10. The minimum atomic E-state index is -0.230. The molecule has 1 aromatic carbocycles. The van der Waals surface area contributed by atoms with Crippen LogP contribution in [-0.4, -0.2) is 36.1 Å². The van der Waals surface area contributed by atoms with Gasteiger partial charge in [-0.3, -0.25) is 9.59 Å². The van der Waals surface area contributed by atoms with E-state index in [1.54, 1.807) is 31.2 Å². The van der Waals surface area contributed by atoms with Crippen LogP contribution in [0.1, 0.15) is 30.1 Å². The molecule has 0 fully saturated rings. The number of nitrogens with one attached hydrogen (secondary N) is 2. The molecule has 3 N–H and O–H groups in total. The number of hydrogen-bond donors (Lipinski definition) is 3. The van der Waals surface area contributed by atoms with Gasteiger partial charge in [0.2, 0.25) is 5.91 Å². The fraction of sp³-hybridized carbons (Fsp3) is 0.429. The van der Waals surface area contributed by atoms with Crippen molar-refractivity contribution in [1.82, 2.24) is 10.6 Å². The minimum Gasteiger partial charge on any atom is -0.394 e. The van der Waals surface area contributed by atoms with Crippen molar-refractivity contribution in [2.75, 3.05) is 13.2 Å². The topological polar surface area (TPSA) is 78.4 Å². The molecule has 0 saturated carbocycles. The lowest BCUT2D eigenvalue weighted by molar-refractivity contribution is -0.122. The molecule has 1 atom stereocenters. The van der Waals surface area contributed by atoms with Gasteiger partial charge in [-0.15, -0.1) is 0 Å². The van der Waals surface area contributed by atoms with Gasteiger partial charge >= 0.3 is 0 Å². The van der Waals surface area contributed by atoms with Gasteiger partial charge in [0.25, 0.3) is 5.91 Å². The number of rotatable bonds is 7. The normalized spacial score (nSPS) is 11.7. The summed E-state index contributed by atoms with van der Waals surface area (Å²) in [6, 6.07) is 8.71. The highest BCUT2D eigenvalue weighted by Crippen LogP contribution is 1.98. The Morgan fingerprint density at radius 1 is 1.26 bits per heavy atom. The minimum absolute atomic E-state index is 0.0729. The summed E-state index contributed by atoms with van der Waals surface area (Å²) in [6.07, 6.45) is 0.905. The van der Waals surface area contributed by atoms with E-state index in [1.165, 1.54) is 0 Å². The quantitative estimate of drug-likeness (QED) is 0.634. The number of aliphatic hydroxyl groups is 1. The maximum absolute atomic E-state index is 11.7. The van der Waals surface area contributed by atoms with Crippen LogP contribution in [0.5, 0.6) is 0 Å². The molecule has 19 heavy (non-hydrogen) atoms. The van der Waals surface area contributed by atoms with Crippen molar-refractivity contribution in [3.05, 3.63) is 35.9 Å². The smallest absolute Gasteiger partial charge is 0.251 e. The van der Waals surface area contributed by atoms with E-state index in [2.05, 4.69) is 10.6 Å². The van der Waals surface area contributed by atoms with E-state index < -0.39 is 0 Å². The molecular weight excluding hydrogens is 244 g/mol. The van der Waals surface area contributed by atoms with Crippen LogP contribution in [0.2, 0.25) is 0 Å². The van der Waals surface area contributed by atoms with Crippen LogP contribution in [0.15, 0.2) is 30.3 Å². The highest BCUT2D eigenvalue weighted by Gasteiger charge is 2.07. The molecule has 0 spiro atoms.